The molecule has 1 aliphatic rings. The first-order chi connectivity index (χ1) is 19.6. The van der Waals surface area contributed by atoms with Crippen molar-refractivity contribution in [1.82, 2.24) is 15.1 Å². The third-order valence-corrected chi connectivity index (χ3v) is 8.07. The van der Waals surface area contributed by atoms with E-state index in [-0.39, 0.29) is 29.6 Å². The smallest absolute Gasteiger partial charge is 0.409 e. The monoisotopic (exact) mass is 577 g/mol. The number of amides is 3. The van der Waals surface area contributed by atoms with Crippen LogP contribution in [-0.2, 0) is 26.2 Å². The van der Waals surface area contributed by atoms with Gasteiger partial charge in [0.2, 0.25) is 11.7 Å². The van der Waals surface area contributed by atoms with E-state index in [1.165, 1.54) is 0 Å². The Morgan fingerprint density at radius 2 is 1.67 bits per heavy atom. The van der Waals surface area contributed by atoms with Crippen LogP contribution in [0.1, 0.15) is 96.9 Å². The van der Waals surface area contributed by atoms with Crippen molar-refractivity contribution in [2.45, 2.75) is 104 Å². The predicted molar refractivity (Wildman–Crippen MR) is 164 cm³/mol. The molecule has 1 aliphatic heterocycles. The van der Waals surface area contributed by atoms with Crippen LogP contribution in [0.5, 0.6) is 0 Å². The van der Waals surface area contributed by atoms with Crippen molar-refractivity contribution in [3.05, 3.63) is 71.3 Å². The number of benzene rings is 2. The fourth-order valence-electron chi connectivity index (χ4n) is 5.64. The van der Waals surface area contributed by atoms with Gasteiger partial charge in [0.1, 0.15) is 12.2 Å². The minimum Gasteiger partial charge on any atom is -0.465 e. The Morgan fingerprint density at radius 3 is 2.21 bits per heavy atom. The Kier molecular flexibility index (Phi) is 10.6. The van der Waals surface area contributed by atoms with E-state index in [9.17, 15) is 24.3 Å². The quantitative estimate of drug-likeness (QED) is 0.314. The van der Waals surface area contributed by atoms with Crippen molar-refractivity contribution in [3.8, 4) is 0 Å². The maximum atomic E-state index is 13.7. The molecule has 42 heavy (non-hydrogen) atoms. The molecular weight excluding hydrogens is 530 g/mol. The predicted octanol–water partition coefficient (Wildman–Crippen LogP) is 6.10. The van der Waals surface area contributed by atoms with Crippen molar-refractivity contribution in [2.24, 2.45) is 5.41 Å². The summed E-state index contributed by atoms with van der Waals surface area (Å²) in [7, 11) is 0. The van der Waals surface area contributed by atoms with Gasteiger partial charge < -0.3 is 15.3 Å². The molecule has 0 radical (unpaired) electrons. The second kappa shape index (κ2) is 13.5. The fraction of sp³-hybridized carbons (Fsp3) is 0.529. The van der Waals surface area contributed by atoms with E-state index in [0.29, 0.717) is 19.4 Å². The molecule has 0 saturated carbocycles. The molecule has 2 aromatic carbocycles. The average molecular weight is 578 g/mol. The molecule has 228 valence electrons. The summed E-state index contributed by atoms with van der Waals surface area (Å²) in [5.41, 5.74) is 2.45. The Balaban J connectivity index is 1.88. The third kappa shape index (κ3) is 8.20. The van der Waals surface area contributed by atoms with Crippen LogP contribution in [0.25, 0.3) is 0 Å². The van der Waals surface area contributed by atoms with E-state index in [0.717, 1.165) is 28.0 Å². The van der Waals surface area contributed by atoms with Gasteiger partial charge in [-0.25, -0.2) is 4.79 Å². The van der Waals surface area contributed by atoms with Gasteiger partial charge in [-0.3, -0.25) is 19.3 Å². The molecule has 2 aromatic rings. The number of carbonyl (C=O) groups is 4. The lowest BCUT2D eigenvalue weighted by Crippen LogP contribution is -2.58. The molecule has 1 fully saturated rings. The minimum atomic E-state index is -1.32. The summed E-state index contributed by atoms with van der Waals surface area (Å²) in [6, 6.07) is 15.6. The van der Waals surface area contributed by atoms with Gasteiger partial charge >= 0.3 is 6.09 Å². The van der Waals surface area contributed by atoms with Gasteiger partial charge in [-0.05, 0) is 47.3 Å². The topological polar surface area (TPSA) is 107 Å². The van der Waals surface area contributed by atoms with E-state index < -0.39 is 36.0 Å². The van der Waals surface area contributed by atoms with E-state index in [4.69, 9.17) is 0 Å². The minimum absolute atomic E-state index is 0.0141. The normalized spacial score (nSPS) is 17.8. The van der Waals surface area contributed by atoms with E-state index in [2.05, 4.69) is 26.1 Å². The summed E-state index contributed by atoms with van der Waals surface area (Å²) in [6.07, 6.45) is -0.206. The lowest BCUT2D eigenvalue weighted by atomic mass is 9.86. The zero-order valence-corrected chi connectivity index (χ0v) is 26.1. The zero-order chi connectivity index (χ0) is 31.2. The van der Waals surface area contributed by atoms with Crippen LogP contribution in [0.2, 0.25) is 0 Å². The molecule has 8 nitrogen and oxygen atoms in total. The highest BCUT2D eigenvalue weighted by Crippen LogP contribution is 2.37. The molecule has 3 atom stereocenters. The summed E-state index contributed by atoms with van der Waals surface area (Å²) < 4.78 is 0. The molecule has 0 bridgehead atoms. The summed E-state index contributed by atoms with van der Waals surface area (Å²) in [5, 5.41) is 13.2. The van der Waals surface area contributed by atoms with Crippen LogP contribution < -0.4 is 5.32 Å². The number of likely N-dealkylation sites (tertiary alicyclic amines) is 1. The molecule has 8 heteroatoms. The van der Waals surface area contributed by atoms with Gasteiger partial charge in [0, 0.05) is 6.54 Å². The Labute approximate surface area is 250 Å². The Morgan fingerprint density at radius 1 is 1.05 bits per heavy atom. The molecule has 1 saturated heterocycles. The Hall–Kier alpha value is -3.68. The van der Waals surface area contributed by atoms with Crippen molar-refractivity contribution >= 4 is 23.7 Å². The number of unbranched alkanes of at least 4 members (excludes halogenated alkanes) is 1. The highest BCUT2D eigenvalue weighted by Gasteiger charge is 2.48. The third-order valence-electron chi connectivity index (χ3n) is 8.07. The summed E-state index contributed by atoms with van der Waals surface area (Å²) in [6.45, 7) is 14.4. The maximum absolute atomic E-state index is 13.7. The lowest BCUT2D eigenvalue weighted by Gasteiger charge is -2.38. The summed E-state index contributed by atoms with van der Waals surface area (Å²) in [5.74, 6) is -1.83. The number of carbonyl (C=O) groups excluding carboxylic acids is 3. The average Bonchev–Trinajstić information content (AvgIpc) is 3.25. The molecule has 3 amide bonds. The number of Topliss-reactive ketones (excluding diaryl/α,β-unsaturated/α-hetero) is 1. The van der Waals surface area contributed by atoms with E-state index in [1.54, 1.807) is 11.8 Å². The lowest BCUT2D eigenvalue weighted by molar-refractivity contribution is -0.144. The van der Waals surface area contributed by atoms with Crippen LogP contribution in [-0.4, -0.2) is 57.3 Å². The Bertz CT molecular complexity index is 1250. The second-order valence-electron chi connectivity index (χ2n) is 13.3. The molecule has 1 unspecified atom stereocenters. The van der Waals surface area contributed by atoms with Crippen molar-refractivity contribution in [2.75, 3.05) is 6.54 Å². The van der Waals surface area contributed by atoms with Crippen LogP contribution >= 0.6 is 0 Å². The maximum Gasteiger partial charge on any atom is 0.409 e. The molecule has 3 rings (SSSR count). The molecule has 0 aliphatic carbocycles. The number of nitrogens with zero attached hydrogens (tertiary/aromatic N) is 2. The summed E-state index contributed by atoms with van der Waals surface area (Å²) >= 11 is 0. The highest BCUT2D eigenvalue weighted by molar-refractivity contribution is 6.38. The summed E-state index contributed by atoms with van der Waals surface area (Å²) in [4.78, 5) is 56.0. The SMILES string of the molecule is CCCC[C@@H](C(=O)C(=O)N[C@H](C)c1ccccc1)N(C(=O)O)C1CC(C)(C)CN1C(=O)Cc1ccc(C(C)(C)C)cc1. The molecular formula is C34H47N3O5. The fourth-order valence-corrected chi connectivity index (χ4v) is 5.64. The van der Waals surface area contributed by atoms with Crippen LogP contribution in [0, 0.1) is 5.41 Å². The first-order valence-electron chi connectivity index (χ1n) is 14.9. The van der Waals surface area contributed by atoms with Gasteiger partial charge in [0.05, 0.1) is 12.5 Å². The van der Waals surface area contributed by atoms with E-state index >= 15 is 0 Å². The van der Waals surface area contributed by atoms with E-state index in [1.807, 2.05) is 75.4 Å². The van der Waals surface area contributed by atoms with Crippen molar-refractivity contribution in [1.29, 1.82) is 0 Å². The van der Waals surface area contributed by atoms with Gasteiger partial charge in [-0.15, -0.1) is 0 Å². The van der Waals surface area contributed by atoms with Crippen LogP contribution in [0.3, 0.4) is 0 Å². The number of ketones is 1. The van der Waals surface area contributed by atoms with Gasteiger partial charge in [-0.1, -0.05) is 109 Å². The molecule has 1 heterocycles. The number of hydrogen-bond donors (Lipinski definition) is 2. The zero-order valence-electron chi connectivity index (χ0n) is 26.1. The molecule has 0 aromatic heterocycles. The standard InChI is InChI=1S/C34H47N3O5/c1-8-9-15-27(30(39)31(40)35-23(2)25-13-11-10-12-14-25)37(32(41)42)28-21-34(6,7)22-36(28)29(38)20-24-16-18-26(19-17-24)33(3,4)5/h10-14,16-19,23,27-28H,8-9,15,20-22H2,1-7H3,(H,35,40)(H,41,42)/t23-,27+,28?/m1/s1. The largest absolute Gasteiger partial charge is 0.465 e. The number of rotatable bonds is 11. The van der Waals surface area contributed by atoms with Gasteiger partial charge in [-0.2, -0.15) is 0 Å². The molecule has 0 spiro atoms. The van der Waals surface area contributed by atoms with Gasteiger partial charge in [0.25, 0.3) is 5.91 Å². The molecule has 2 N–H and O–H groups in total. The second-order valence-corrected chi connectivity index (χ2v) is 13.3. The first-order valence-corrected chi connectivity index (χ1v) is 14.9. The first kappa shape index (κ1) is 32.8. The number of carboxylic acid groups (broad SMARTS) is 1. The van der Waals surface area contributed by atoms with Gasteiger partial charge in [0.15, 0.2) is 0 Å². The van der Waals surface area contributed by atoms with Crippen molar-refractivity contribution < 1.29 is 24.3 Å². The number of nitrogens with one attached hydrogen (secondary N) is 1. The number of hydrogen-bond acceptors (Lipinski definition) is 4. The van der Waals surface area contributed by atoms with Crippen LogP contribution in [0.4, 0.5) is 4.79 Å². The van der Waals surface area contributed by atoms with Crippen LogP contribution in [0.15, 0.2) is 54.6 Å². The highest BCUT2D eigenvalue weighted by atomic mass is 16.4. The van der Waals surface area contributed by atoms with Crippen molar-refractivity contribution in [3.63, 3.8) is 0 Å².